The lowest BCUT2D eigenvalue weighted by Gasteiger charge is -2.18. The summed E-state index contributed by atoms with van der Waals surface area (Å²) in [4.78, 5) is 4.35. The molecular weight excluding hydrogens is 263 g/mol. The van der Waals surface area contributed by atoms with Crippen LogP contribution in [-0.2, 0) is 6.42 Å². The number of hydrogen-bond acceptors (Lipinski definition) is 2. The van der Waals surface area contributed by atoms with Gasteiger partial charge < -0.3 is 5.32 Å². The summed E-state index contributed by atoms with van der Waals surface area (Å²) in [6.07, 6.45) is 2.40. The van der Waals surface area contributed by atoms with E-state index in [2.05, 4.69) is 10.3 Å². The number of hydrogen-bond donors (Lipinski definition) is 1. The Morgan fingerprint density at radius 2 is 2.16 bits per heavy atom. The van der Waals surface area contributed by atoms with Crippen LogP contribution >= 0.6 is 11.6 Å². The van der Waals surface area contributed by atoms with Crippen molar-refractivity contribution in [2.24, 2.45) is 0 Å². The van der Waals surface area contributed by atoms with Crippen molar-refractivity contribution >= 4 is 11.6 Å². The second kappa shape index (κ2) is 6.13. The Morgan fingerprint density at radius 3 is 2.79 bits per heavy atom. The van der Waals surface area contributed by atoms with Crippen LogP contribution in [0.3, 0.4) is 0 Å². The van der Waals surface area contributed by atoms with Crippen LogP contribution in [0.5, 0.6) is 0 Å². The third-order valence-corrected chi connectivity index (χ3v) is 3.44. The molecule has 100 valence electrons. The highest BCUT2D eigenvalue weighted by Crippen LogP contribution is 2.23. The lowest BCUT2D eigenvalue weighted by Crippen LogP contribution is -2.21. The van der Waals surface area contributed by atoms with Gasteiger partial charge in [0.15, 0.2) is 0 Å². The minimum atomic E-state index is -0.291. The number of benzene rings is 1. The molecule has 2 nitrogen and oxygen atoms in total. The number of rotatable bonds is 4. The van der Waals surface area contributed by atoms with Crippen LogP contribution in [-0.4, -0.2) is 12.0 Å². The summed E-state index contributed by atoms with van der Waals surface area (Å²) in [5, 5.41) is 3.54. The van der Waals surface area contributed by atoms with Crippen molar-refractivity contribution in [3.05, 3.63) is 64.2 Å². The first-order chi connectivity index (χ1) is 9.11. The molecule has 0 fully saturated rings. The molecule has 2 rings (SSSR count). The van der Waals surface area contributed by atoms with Gasteiger partial charge in [-0.3, -0.25) is 4.98 Å². The third-order valence-electron chi connectivity index (χ3n) is 3.20. The highest BCUT2D eigenvalue weighted by Gasteiger charge is 2.16. The largest absolute Gasteiger partial charge is 0.313 e. The van der Waals surface area contributed by atoms with Crippen LogP contribution in [0.2, 0.25) is 5.02 Å². The van der Waals surface area contributed by atoms with Gasteiger partial charge in [0.25, 0.3) is 0 Å². The number of nitrogens with one attached hydrogen (secondary N) is 1. The van der Waals surface area contributed by atoms with E-state index in [0.717, 1.165) is 11.3 Å². The zero-order chi connectivity index (χ0) is 13.8. The summed E-state index contributed by atoms with van der Waals surface area (Å²) in [6.45, 7) is 2.01. The molecule has 0 saturated heterocycles. The topological polar surface area (TPSA) is 24.9 Å². The minimum Gasteiger partial charge on any atom is -0.313 e. The SMILES string of the molecule is CNC(Cc1ncccc1C)c1ccc(Cl)cc1F. The second-order valence-corrected chi connectivity index (χ2v) is 4.91. The van der Waals surface area contributed by atoms with Crippen molar-refractivity contribution in [3.63, 3.8) is 0 Å². The summed E-state index contributed by atoms with van der Waals surface area (Å²) < 4.78 is 13.9. The van der Waals surface area contributed by atoms with E-state index in [0.29, 0.717) is 17.0 Å². The summed E-state index contributed by atoms with van der Waals surface area (Å²) in [6, 6.07) is 8.55. The number of aryl methyl sites for hydroxylation is 1. The summed E-state index contributed by atoms with van der Waals surface area (Å²) in [7, 11) is 1.82. The molecule has 1 atom stereocenters. The molecule has 4 heteroatoms. The van der Waals surface area contributed by atoms with E-state index in [4.69, 9.17) is 11.6 Å². The summed E-state index contributed by atoms with van der Waals surface area (Å²) in [5.74, 6) is -0.291. The first kappa shape index (κ1) is 14.0. The maximum atomic E-state index is 13.9. The van der Waals surface area contributed by atoms with Gasteiger partial charge in [0.05, 0.1) is 0 Å². The van der Waals surface area contributed by atoms with E-state index in [1.807, 2.05) is 26.1 Å². The molecule has 0 aliphatic heterocycles. The smallest absolute Gasteiger partial charge is 0.129 e. The van der Waals surface area contributed by atoms with Crippen molar-refractivity contribution < 1.29 is 4.39 Å². The van der Waals surface area contributed by atoms with Crippen molar-refractivity contribution in [2.75, 3.05) is 7.05 Å². The number of halogens is 2. The number of likely N-dealkylation sites (N-methyl/N-ethyl adjacent to an activating group) is 1. The summed E-state index contributed by atoms with van der Waals surface area (Å²) >= 11 is 5.78. The number of pyridine rings is 1. The fraction of sp³-hybridized carbons (Fsp3) is 0.267. The van der Waals surface area contributed by atoms with Gasteiger partial charge in [0, 0.05) is 34.9 Å². The molecule has 1 unspecified atom stereocenters. The van der Waals surface area contributed by atoms with E-state index in [1.54, 1.807) is 18.3 Å². The minimum absolute atomic E-state index is 0.120. The van der Waals surface area contributed by atoms with Crippen LogP contribution in [0.15, 0.2) is 36.5 Å². The molecule has 0 radical (unpaired) electrons. The number of aromatic nitrogens is 1. The highest BCUT2D eigenvalue weighted by atomic mass is 35.5. The highest BCUT2D eigenvalue weighted by molar-refractivity contribution is 6.30. The molecule has 1 N–H and O–H groups in total. The molecule has 1 heterocycles. The first-order valence-electron chi connectivity index (χ1n) is 6.14. The first-order valence-corrected chi connectivity index (χ1v) is 6.52. The zero-order valence-corrected chi connectivity index (χ0v) is 11.7. The van der Waals surface area contributed by atoms with Crippen LogP contribution in [0, 0.1) is 12.7 Å². The van der Waals surface area contributed by atoms with Crippen molar-refractivity contribution in [3.8, 4) is 0 Å². The van der Waals surface area contributed by atoms with Crippen molar-refractivity contribution in [2.45, 2.75) is 19.4 Å². The van der Waals surface area contributed by atoms with Crippen molar-refractivity contribution in [1.82, 2.24) is 10.3 Å². The van der Waals surface area contributed by atoms with Gasteiger partial charge >= 0.3 is 0 Å². The van der Waals surface area contributed by atoms with Gasteiger partial charge in [0.1, 0.15) is 5.82 Å². The van der Waals surface area contributed by atoms with Gasteiger partial charge in [-0.25, -0.2) is 4.39 Å². The summed E-state index contributed by atoms with van der Waals surface area (Å²) in [5.41, 5.74) is 2.69. The van der Waals surface area contributed by atoms with Gasteiger partial charge in [-0.2, -0.15) is 0 Å². The Labute approximate surface area is 117 Å². The monoisotopic (exact) mass is 278 g/mol. The Morgan fingerprint density at radius 1 is 1.37 bits per heavy atom. The normalized spacial score (nSPS) is 12.4. The molecule has 1 aromatic carbocycles. The van der Waals surface area contributed by atoms with Gasteiger partial charge in [-0.15, -0.1) is 0 Å². The molecule has 2 aromatic rings. The molecule has 0 spiro atoms. The maximum Gasteiger partial charge on any atom is 0.129 e. The van der Waals surface area contributed by atoms with Crippen LogP contribution < -0.4 is 5.32 Å². The predicted octanol–water partition coefficient (Wildman–Crippen LogP) is 3.69. The van der Waals surface area contributed by atoms with Crippen molar-refractivity contribution in [1.29, 1.82) is 0 Å². The van der Waals surface area contributed by atoms with Gasteiger partial charge in [0.2, 0.25) is 0 Å². The maximum absolute atomic E-state index is 13.9. The average molecular weight is 279 g/mol. The Kier molecular flexibility index (Phi) is 4.51. The molecule has 1 aromatic heterocycles. The molecule has 0 aliphatic rings. The molecule has 0 aliphatic carbocycles. The third kappa shape index (κ3) is 3.31. The molecule has 0 saturated carbocycles. The van der Waals surface area contributed by atoms with E-state index in [9.17, 15) is 4.39 Å². The molecular formula is C15H16ClFN2. The number of nitrogens with zero attached hydrogens (tertiary/aromatic N) is 1. The van der Waals surface area contributed by atoms with Gasteiger partial charge in [-0.1, -0.05) is 23.7 Å². The van der Waals surface area contributed by atoms with Crippen LogP contribution in [0.4, 0.5) is 4.39 Å². The zero-order valence-electron chi connectivity index (χ0n) is 11.0. The Balaban J connectivity index is 2.28. The van der Waals surface area contributed by atoms with Crippen LogP contribution in [0.1, 0.15) is 22.9 Å². The van der Waals surface area contributed by atoms with E-state index < -0.39 is 0 Å². The quantitative estimate of drug-likeness (QED) is 0.923. The van der Waals surface area contributed by atoms with E-state index >= 15 is 0 Å². The second-order valence-electron chi connectivity index (χ2n) is 4.48. The predicted molar refractivity (Wildman–Crippen MR) is 75.9 cm³/mol. The fourth-order valence-electron chi connectivity index (χ4n) is 2.08. The van der Waals surface area contributed by atoms with Gasteiger partial charge in [-0.05, 0) is 37.7 Å². The van der Waals surface area contributed by atoms with Crippen LogP contribution in [0.25, 0.3) is 0 Å². The Hall–Kier alpha value is -1.45. The van der Waals surface area contributed by atoms with E-state index in [1.165, 1.54) is 6.07 Å². The molecule has 0 amide bonds. The average Bonchev–Trinajstić information content (AvgIpc) is 2.39. The standard InChI is InChI=1S/C15H16ClFN2/c1-10-4-3-7-19-14(10)9-15(18-2)12-6-5-11(16)8-13(12)17/h3-8,15,18H,9H2,1-2H3. The lowest BCUT2D eigenvalue weighted by atomic mass is 9.99. The lowest BCUT2D eigenvalue weighted by molar-refractivity contribution is 0.529. The Bertz CT molecular complexity index is 572. The fourth-order valence-corrected chi connectivity index (χ4v) is 2.24. The van der Waals surface area contributed by atoms with E-state index in [-0.39, 0.29) is 11.9 Å². The molecule has 19 heavy (non-hydrogen) atoms. The molecule has 0 bridgehead atoms.